The van der Waals surface area contributed by atoms with Crippen molar-refractivity contribution in [2.24, 2.45) is 5.41 Å². The van der Waals surface area contributed by atoms with Gasteiger partial charge in [0.05, 0.1) is 23.0 Å². The Hall–Kier alpha value is -2.19. The fourth-order valence-electron chi connectivity index (χ4n) is 2.35. The van der Waals surface area contributed by atoms with Gasteiger partial charge in [-0.15, -0.1) is 22.7 Å². The van der Waals surface area contributed by atoms with Crippen LogP contribution in [0.2, 0.25) is 0 Å². The minimum atomic E-state index is -0.516. The molecule has 8 heteroatoms. The van der Waals surface area contributed by atoms with E-state index in [-0.39, 0.29) is 24.3 Å². The van der Waals surface area contributed by atoms with E-state index >= 15 is 0 Å². The van der Waals surface area contributed by atoms with Crippen molar-refractivity contribution in [1.29, 1.82) is 0 Å². The SMILES string of the molecule is CCN(CC(=O)NCc1cccs1)C(=O)c1sc(NC(=O)C(C)(C)C)cc1C. The van der Waals surface area contributed by atoms with E-state index in [4.69, 9.17) is 0 Å². The molecule has 0 atom stereocenters. The first kappa shape index (κ1) is 22.1. The number of hydrogen-bond donors (Lipinski definition) is 2. The molecule has 0 fully saturated rings. The smallest absolute Gasteiger partial charge is 0.264 e. The molecule has 0 bridgehead atoms. The van der Waals surface area contributed by atoms with E-state index in [0.717, 1.165) is 10.4 Å². The number of nitrogens with zero attached hydrogens (tertiary/aromatic N) is 1. The molecule has 2 aromatic heterocycles. The number of rotatable bonds is 7. The molecule has 2 N–H and O–H groups in total. The van der Waals surface area contributed by atoms with Gasteiger partial charge in [0.1, 0.15) is 0 Å². The average Bonchev–Trinajstić information content (AvgIpc) is 3.26. The Kier molecular flexibility index (Phi) is 7.37. The first-order chi connectivity index (χ1) is 13.1. The van der Waals surface area contributed by atoms with Crippen LogP contribution in [0.25, 0.3) is 0 Å². The lowest BCUT2D eigenvalue weighted by atomic mass is 9.96. The lowest BCUT2D eigenvalue weighted by molar-refractivity contribution is -0.123. The maximum Gasteiger partial charge on any atom is 0.264 e. The van der Waals surface area contributed by atoms with Crippen molar-refractivity contribution < 1.29 is 14.4 Å². The summed E-state index contributed by atoms with van der Waals surface area (Å²) in [4.78, 5) is 40.4. The maximum atomic E-state index is 12.9. The summed E-state index contributed by atoms with van der Waals surface area (Å²) >= 11 is 2.82. The Morgan fingerprint density at radius 2 is 1.93 bits per heavy atom. The van der Waals surface area contributed by atoms with Crippen LogP contribution in [-0.4, -0.2) is 35.7 Å². The Morgan fingerprint density at radius 3 is 2.50 bits per heavy atom. The van der Waals surface area contributed by atoms with Gasteiger partial charge in [0.2, 0.25) is 11.8 Å². The number of nitrogens with one attached hydrogen (secondary N) is 2. The van der Waals surface area contributed by atoms with E-state index in [9.17, 15) is 14.4 Å². The summed E-state index contributed by atoms with van der Waals surface area (Å²) in [6, 6.07) is 5.69. The second-order valence-corrected chi connectivity index (χ2v) is 9.59. The molecule has 3 amide bonds. The van der Waals surface area contributed by atoms with Crippen molar-refractivity contribution in [3.8, 4) is 0 Å². The molecular formula is C20H27N3O3S2. The molecule has 0 spiro atoms. The summed E-state index contributed by atoms with van der Waals surface area (Å²) in [5.74, 6) is -0.500. The molecule has 0 radical (unpaired) electrons. The standard InChI is InChI=1S/C20H27N3O3S2/c1-6-23(12-15(24)21-11-14-8-7-9-27-14)18(25)17-13(2)10-16(28-17)22-19(26)20(3,4)5/h7-10H,6,11-12H2,1-5H3,(H,21,24)(H,22,26). The summed E-state index contributed by atoms with van der Waals surface area (Å²) in [6.45, 7) is 10.1. The number of carbonyl (C=O) groups is 3. The fraction of sp³-hybridized carbons (Fsp3) is 0.450. The van der Waals surface area contributed by atoms with Crippen LogP contribution in [0, 0.1) is 12.3 Å². The number of anilines is 1. The summed E-state index contributed by atoms with van der Waals surface area (Å²) in [5.41, 5.74) is 0.273. The van der Waals surface area contributed by atoms with E-state index in [2.05, 4.69) is 10.6 Å². The van der Waals surface area contributed by atoms with Gasteiger partial charge in [-0.05, 0) is 36.9 Å². The van der Waals surface area contributed by atoms with Crippen molar-refractivity contribution in [2.75, 3.05) is 18.4 Å². The normalized spacial score (nSPS) is 11.2. The lowest BCUT2D eigenvalue weighted by Gasteiger charge is -2.20. The minimum absolute atomic E-state index is 0.00172. The Balaban J connectivity index is 2.01. The number of thiophene rings is 2. The van der Waals surface area contributed by atoms with Crippen molar-refractivity contribution in [3.05, 3.63) is 38.9 Å². The molecule has 2 rings (SSSR count). The first-order valence-electron chi connectivity index (χ1n) is 9.12. The molecule has 152 valence electrons. The van der Waals surface area contributed by atoms with Crippen LogP contribution in [0.3, 0.4) is 0 Å². The van der Waals surface area contributed by atoms with Crippen LogP contribution < -0.4 is 10.6 Å². The van der Waals surface area contributed by atoms with E-state index in [1.165, 1.54) is 16.2 Å². The molecule has 0 aliphatic heterocycles. The van der Waals surface area contributed by atoms with Gasteiger partial charge in [-0.2, -0.15) is 0 Å². The quantitative estimate of drug-likeness (QED) is 0.712. The molecule has 28 heavy (non-hydrogen) atoms. The molecule has 0 saturated heterocycles. The number of carbonyl (C=O) groups excluding carboxylic acids is 3. The average molecular weight is 422 g/mol. The third-order valence-electron chi connectivity index (χ3n) is 4.07. The van der Waals surface area contributed by atoms with Gasteiger partial charge in [-0.1, -0.05) is 26.8 Å². The van der Waals surface area contributed by atoms with Gasteiger partial charge in [-0.25, -0.2) is 0 Å². The molecule has 0 unspecified atom stereocenters. The van der Waals surface area contributed by atoms with Gasteiger partial charge in [-0.3, -0.25) is 14.4 Å². The summed E-state index contributed by atoms with van der Waals surface area (Å²) < 4.78 is 0. The molecule has 2 aromatic rings. The number of hydrogen-bond acceptors (Lipinski definition) is 5. The zero-order valence-electron chi connectivity index (χ0n) is 16.9. The molecule has 0 aromatic carbocycles. The van der Waals surface area contributed by atoms with Crippen molar-refractivity contribution in [3.63, 3.8) is 0 Å². The second kappa shape index (κ2) is 9.34. The number of aryl methyl sites for hydroxylation is 1. The fourth-order valence-corrected chi connectivity index (χ4v) is 4.03. The summed E-state index contributed by atoms with van der Waals surface area (Å²) in [5, 5.41) is 8.30. The van der Waals surface area contributed by atoms with Gasteiger partial charge in [0.15, 0.2) is 0 Å². The van der Waals surface area contributed by atoms with Gasteiger partial charge in [0.25, 0.3) is 5.91 Å². The lowest BCUT2D eigenvalue weighted by Crippen LogP contribution is -2.40. The van der Waals surface area contributed by atoms with Crippen LogP contribution in [-0.2, 0) is 16.1 Å². The maximum absolute atomic E-state index is 12.9. The van der Waals surface area contributed by atoms with E-state index in [1.807, 2.05) is 52.1 Å². The molecule has 2 heterocycles. The van der Waals surface area contributed by atoms with Crippen molar-refractivity contribution in [1.82, 2.24) is 10.2 Å². The van der Waals surface area contributed by atoms with E-state index in [0.29, 0.717) is 23.0 Å². The highest BCUT2D eigenvalue weighted by molar-refractivity contribution is 7.18. The minimum Gasteiger partial charge on any atom is -0.350 e. The third kappa shape index (κ3) is 5.90. The topological polar surface area (TPSA) is 78.5 Å². The van der Waals surface area contributed by atoms with Crippen LogP contribution in [0.1, 0.15) is 47.8 Å². The van der Waals surface area contributed by atoms with Crippen LogP contribution in [0.4, 0.5) is 5.00 Å². The molecule has 0 saturated carbocycles. The highest BCUT2D eigenvalue weighted by atomic mass is 32.1. The largest absolute Gasteiger partial charge is 0.350 e. The van der Waals surface area contributed by atoms with Crippen molar-refractivity contribution >= 4 is 45.4 Å². The predicted molar refractivity (Wildman–Crippen MR) is 115 cm³/mol. The summed E-state index contributed by atoms with van der Waals surface area (Å²) in [6.07, 6.45) is 0. The molecule has 0 aliphatic rings. The molecular weight excluding hydrogens is 394 g/mol. The van der Waals surface area contributed by atoms with Gasteiger partial charge in [0, 0.05) is 16.8 Å². The van der Waals surface area contributed by atoms with E-state index in [1.54, 1.807) is 17.4 Å². The Labute approximate surface area is 173 Å². The van der Waals surface area contributed by atoms with Crippen LogP contribution in [0.5, 0.6) is 0 Å². The van der Waals surface area contributed by atoms with E-state index < -0.39 is 5.41 Å². The Bertz CT molecular complexity index is 835. The highest BCUT2D eigenvalue weighted by Crippen LogP contribution is 2.29. The predicted octanol–water partition coefficient (Wildman–Crippen LogP) is 3.88. The zero-order valence-corrected chi connectivity index (χ0v) is 18.6. The molecule has 0 aliphatic carbocycles. The number of likely N-dealkylation sites (N-methyl/N-ethyl adjacent to an activating group) is 1. The van der Waals surface area contributed by atoms with Gasteiger partial charge < -0.3 is 15.5 Å². The molecule has 6 nitrogen and oxygen atoms in total. The highest BCUT2D eigenvalue weighted by Gasteiger charge is 2.25. The van der Waals surface area contributed by atoms with Crippen molar-refractivity contribution in [2.45, 2.75) is 41.2 Å². The van der Waals surface area contributed by atoms with Crippen LogP contribution >= 0.6 is 22.7 Å². The monoisotopic (exact) mass is 421 g/mol. The van der Waals surface area contributed by atoms with Gasteiger partial charge >= 0.3 is 0 Å². The third-order valence-corrected chi connectivity index (χ3v) is 6.09. The van der Waals surface area contributed by atoms with Crippen LogP contribution in [0.15, 0.2) is 23.6 Å². The second-order valence-electron chi connectivity index (χ2n) is 7.50. The zero-order chi connectivity index (χ0) is 20.9. The summed E-state index contributed by atoms with van der Waals surface area (Å²) in [7, 11) is 0. The Morgan fingerprint density at radius 1 is 1.21 bits per heavy atom. The number of amides is 3. The first-order valence-corrected chi connectivity index (χ1v) is 10.8.